The van der Waals surface area contributed by atoms with Crippen LogP contribution in [0.15, 0.2) is 0 Å². The van der Waals surface area contributed by atoms with Crippen molar-refractivity contribution >= 4 is 22.6 Å². The summed E-state index contributed by atoms with van der Waals surface area (Å²) in [5.41, 5.74) is 1.44. The van der Waals surface area contributed by atoms with Gasteiger partial charge in [-0.25, -0.2) is 0 Å². The van der Waals surface area contributed by atoms with Crippen LogP contribution in [0.3, 0.4) is 0 Å². The normalized spacial score (nSPS) is 52.6. The first-order valence-corrected chi connectivity index (χ1v) is 12.2. The van der Waals surface area contributed by atoms with Gasteiger partial charge in [-0.3, -0.25) is 0 Å². The second-order valence-corrected chi connectivity index (χ2v) is 11.1. The average Bonchev–Trinajstić information content (AvgIpc) is 2.89. The van der Waals surface area contributed by atoms with Crippen molar-refractivity contribution in [1.29, 1.82) is 0 Å². The van der Waals surface area contributed by atoms with E-state index in [0.29, 0.717) is 5.41 Å². The minimum absolute atomic E-state index is 0.713. The summed E-state index contributed by atoms with van der Waals surface area (Å²) >= 11 is 2.58. The number of alkyl halides is 1. The Morgan fingerprint density at radius 1 is 0.826 bits per heavy atom. The molecular weight excluding hydrogens is 391 g/mol. The van der Waals surface area contributed by atoms with Gasteiger partial charge in [-0.15, -0.1) is 0 Å². The summed E-state index contributed by atoms with van der Waals surface area (Å²) in [4.78, 5) is 0. The summed E-state index contributed by atoms with van der Waals surface area (Å²) in [6, 6.07) is 0. The Morgan fingerprint density at radius 3 is 2.48 bits per heavy atom. The van der Waals surface area contributed by atoms with Gasteiger partial charge >= 0.3 is 0 Å². The molecule has 0 N–H and O–H groups in total. The summed E-state index contributed by atoms with van der Waals surface area (Å²) in [6.45, 7) is 5.44. The molecule has 0 aromatic rings. The van der Waals surface area contributed by atoms with Gasteiger partial charge in [-0.2, -0.15) is 0 Å². The van der Waals surface area contributed by atoms with Crippen LogP contribution in [0.4, 0.5) is 0 Å². The van der Waals surface area contributed by atoms with Crippen molar-refractivity contribution in [1.82, 2.24) is 0 Å². The maximum atomic E-state index is 2.72. The average molecular weight is 428 g/mol. The SMILES string of the molecule is CC12CCCCC1CCC1C2CC[C@@]2(C)C1CC[C@@H]2CCCI. The van der Waals surface area contributed by atoms with Crippen molar-refractivity contribution in [3.63, 3.8) is 0 Å². The molecule has 4 fully saturated rings. The number of halogens is 1. The first-order chi connectivity index (χ1) is 11.1. The predicted octanol–water partition coefficient (Wildman–Crippen LogP) is 7.25. The van der Waals surface area contributed by atoms with Crippen LogP contribution in [0.2, 0.25) is 0 Å². The molecule has 7 atom stereocenters. The maximum Gasteiger partial charge on any atom is -0.000462 e. The lowest BCUT2D eigenvalue weighted by molar-refractivity contribution is -0.111. The molecular formula is C22H37I. The number of rotatable bonds is 3. The highest BCUT2D eigenvalue weighted by Crippen LogP contribution is 2.67. The zero-order chi connectivity index (χ0) is 16.1. The lowest BCUT2D eigenvalue weighted by Crippen LogP contribution is -2.52. The quantitative estimate of drug-likeness (QED) is 0.328. The van der Waals surface area contributed by atoms with Crippen LogP contribution >= 0.6 is 22.6 Å². The molecule has 0 aromatic carbocycles. The highest BCUT2D eigenvalue weighted by molar-refractivity contribution is 14.1. The maximum absolute atomic E-state index is 2.72. The van der Waals surface area contributed by atoms with Crippen molar-refractivity contribution in [3.8, 4) is 0 Å². The van der Waals surface area contributed by atoms with Gasteiger partial charge in [0.05, 0.1) is 0 Å². The molecule has 23 heavy (non-hydrogen) atoms. The van der Waals surface area contributed by atoms with Gasteiger partial charge < -0.3 is 0 Å². The number of fused-ring (bicyclic) bond motifs is 5. The van der Waals surface area contributed by atoms with Crippen molar-refractivity contribution in [2.75, 3.05) is 4.43 Å². The molecule has 0 nitrogen and oxygen atoms in total. The first-order valence-electron chi connectivity index (χ1n) is 10.7. The van der Waals surface area contributed by atoms with Crippen molar-refractivity contribution in [3.05, 3.63) is 0 Å². The number of hydrogen-bond donors (Lipinski definition) is 0. The van der Waals surface area contributed by atoms with Gasteiger partial charge in [0.15, 0.2) is 0 Å². The largest absolute Gasteiger partial charge is 0.0864 e. The molecule has 0 bridgehead atoms. The Balaban J connectivity index is 1.55. The molecule has 0 saturated heterocycles. The third-order valence-electron chi connectivity index (χ3n) is 9.47. The second kappa shape index (κ2) is 6.47. The molecule has 4 aliphatic rings. The van der Waals surface area contributed by atoms with E-state index in [1.807, 2.05) is 0 Å². The van der Waals surface area contributed by atoms with Gasteiger partial charge in [-0.1, -0.05) is 49.3 Å². The van der Waals surface area contributed by atoms with Crippen LogP contribution in [0.1, 0.15) is 90.9 Å². The van der Waals surface area contributed by atoms with Crippen molar-refractivity contribution in [2.45, 2.75) is 90.9 Å². The lowest BCUT2D eigenvalue weighted by Gasteiger charge is -2.60. The van der Waals surface area contributed by atoms with E-state index in [-0.39, 0.29) is 0 Å². The zero-order valence-corrected chi connectivity index (χ0v) is 17.6. The highest BCUT2D eigenvalue weighted by Gasteiger charge is 2.59. The van der Waals surface area contributed by atoms with Crippen molar-refractivity contribution < 1.29 is 0 Å². The van der Waals surface area contributed by atoms with Gasteiger partial charge in [0, 0.05) is 0 Å². The second-order valence-electron chi connectivity index (χ2n) is 10.1. The van der Waals surface area contributed by atoms with Gasteiger partial charge in [0.2, 0.25) is 0 Å². The molecule has 0 heterocycles. The van der Waals surface area contributed by atoms with Crippen LogP contribution in [0.25, 0.3) is 0 Å². The van der Waals surface area contributed by atoms with E-state index >= 15 is 0 Å². The molecule has 4 aliphatic carbocycles. The molecule has 0 aromatic heterocycles. The summed E-state index contributed by atoms with van der Waals surface area (Å²) in [6.07, 6.45) is 18.6. The minimum Gasteiger partial charge on any atom is -0.0864 e. The summed E-state index contributed by atoms with van der Waals surface area (Å²) < 4.78 is 1.36. The Labute approximate surface area is 158 Å². The third-order valence-corrected chi connectivity index (χ3v) is 10.2. The molecule has 4 saturated carbocycles. The third kappa shape index (κ3) is 2.65. The van der Waals surface area contributed by atoms with Crippen molar-refractivity contribution in [2.24, 2.45) is 40.4 Å². The fraction of sp³-hybridized carbons (Fsp3) is 1.00. The summed E-state index contributed by atoms with van der Waals surface area (Å²) in [5.74, 6) is 5.40. The standard InChI is InChI=1S/C22H37I/c1-21-13-4-3-6-16(21)8-10-18-19-11-9-17(7-5-15-23)22(19,2)14-12-20(18)21/h16-20H,3-15H2,1-2H3/t16?,17-,18?,19?,20?,21?,22+/m0/s1. The summed E-state index contributed by atoms with van der Waals surface area (Å²) in [5, 5.41) is 0. The van der Waals surface area contributed by atoms with E-state index in [2.05, 4.69) is 36.4 Å². The van der Waals surface area contributed by atoms with Crippen LogP contribution in [0, 0.1) is 40.4 Å². The lowest BCUT2D eigenvalue weighted by atomic mass is 9.45. The van der Waals surface area contributed by atoms with Gasteiger partial charge in [0.25, 0.3) is 0 Å². The van der Waals surface area contributed by atoms with E-state index in [9.17, 15) is 0 Å². The van der Waals surface area contributed by atoms with Gasteiger partial charge in [-0.05, 0) is 109 Å². The Bertz CT molecular complexity index is 432. The molecule has 0 spiro atoms. The predicted molar refractivity (Wildman–Crippen MR) is 108 cm³/mol. The van der Waals surface area contributed by atoms with Crippen LogP contribution in [0.5, 0.6) is 0 Å². The van der Waals surface area contributed by atoms with E-state index < -0.39 is 0 Å². The Hall–Kier alpha value is 0.730. The summed E-state index contributed by atoms with van der Waals surface area (Å²) in [7, 11) is 0. The molecule has 0 radical (unpaired) electrons. The van der Waals surface area contributed by atoms with E-state index in [4.69, 9.17) is 0 Å². The van der Waals surface area contributed by atoms with Crippen LogP contribution in [-0.2, 0) is 0 Å². The number of hydrogen-bond acceptors (Lipinski definition) is 0. The fourth-order valence-electron chi connectivity index (χ4n) is 8.20. The molecule has 132 valence electrons. The van der Waals surface area contributed by atoms with Crippen LogP contribution in [-0.4, -0.2) is 4.43 Å². The Morgan fingerprint density at radius 2 is 1.65 bits per heavy atom. The topological polar surface area (TPSA) is 0 Å². The first kappa shape index (κ1) is 17.2. The monoisotopic (exact) mass is 428 g/mol. The Kier molecular flexibility index (Phi) is 4.83. The van der Waals surface area contributed by atoms with E-state index in [1.165, 1.54) is 30.1 Å². The molecule has 4 rings (SSSR count). The molecule has 0 aliphatic heterocycles. The van der Waals surface area contributed by atoms with E-state index in [1.54, 1.807) is 51.4 Å². The van der Waals surface area contributed by atoms with Crippen LogP contribution < -0.4 is 0 Å². The minimum atomic E-state index is 0.713. The van der Waals surface area contributed by atoms with E-state index in [0.717, 1.165) is 35.0 Å². The fourth-order valence-corrected chi connectivity index (χ4v) is 8.64. The molecule has 5 unspecified atom stereocenters. The molecule has 1 heteroatoms. The zero-order valence-electron chi connectivity index (χ0n) is 15.5. The van der Waals surface area contributed by atoms with Gasteiger partial charge in [0.1, 0.15) is 0 Å². The highest BCUT2D eigenvalue weighted by atomic mass is 127. The smallest absolute Gasteiger partial charge is 0.000462 e. The molecule has 0 amide bonds.